The van der Waals surface area contributed by atoms with Crippen molar-refractivity contribution in [3.05, 3.63) is 59.6 Å². The van der Waals surface area contributed by atoms with Crippen LogP contribution in [0.5, 0.6) is 0 Å². The van der Waals surface area contributed by atoms with E-state index in [2.05, 4.69) is 15.1 Å². The first kappa shape index (κ1) is 18.7. The SMILES string of the molecule is Cc1cc(-c2cnc(C)nc2[C@H]2CCCN2S(=O)(=O)c2ccc(F)cc2)on1. The van der Waals surface area contributed by atoms with Gasteiger partial charge in [0.2, 0.25) is 10.0 Å². The summed E-state index contributed by atoms with van der Waals surface area (Å²) in [5.74, 6) is 0.561. The number of rotatable bonds is 4. The van der Waals surface area contributed by atoms with E-state index in [9.17, 15) is 12.8 Å². The Bertz CT molecular complexity index is 1110. The molecule has 1 fully saturated rings. The van der Waals surface area contributed by atoms with E-state index in [1.807, 2.05) is 6.92 Å². The quantitative estimate of drug-likeness (QED) is 0.664. The van der Waals surface area contributed by atoms with Gasteiger partial charge in [0.05, 0.1) is 27.9 Å². The molecule has 1 atom stereocenters. The maximum absolute atomic E-state index is 13.2. The predicted octanol–water partition coefficient (Wildman–Crippen LogP) is 3.41. The van der Waals surface area contributed by atoms with Gasteiger partial charge in [0.15, 0.2) is 5.76 Å². The molecule has 1 aliphatic rings. The van der Waals surface area contributed by atoms with E-state index in [-0.39, 0.29) is 4.90 Å². The van der Waals surface area contributed by atoms with Gasteiger partial charge in [0.25, 0.3) is 0 Å². The van der Waals surface area contributed by atoms with Crippen LogP contribution >= 0.6 is 0 Å². The minimum atomic E-state index is -3.80. The zero-order valence-electron chi connectivity index (χ0n) is 15.5. The normalized spacial score (nSPS) is 17.9. The Balaban J connectivity index is 1.79. The number of nitrogens with zero attached hydrogens (tertiary/aromatic N) is 4. The molecule has 28 heavy (non-hydrogen) atoms. The standard InChI is InChI=1S/C19H19FN4O3S/c1-12-10-18(27-23-12)16-11-21-13(2)22-19(16)17-4-3-9-24(17)28(25,26)15-7-5-14(20)6-8-15/h5-8,10-11,17H,3-4,9H2,1-2H3/t17-/m1/s1. The van der Waals surface area contributed by atoms with Crippen molar-refractivity contribution >= 4 is 10.0 Å². The first-order chi connectivity index (χ1) is 13.4. The second-order valence-corrected chi connectivity index (χ2v) is 8.67. The van der Waals surface area contributed by atoms with Gasteiger partial charge in [-0.2, -0.15) is 4.31 Å². The molecule has 146 valence electrons. The van der Waals surface area contributed by atoms with Gasteiger partial charge in [-0.05, 0) is 51.0 Å². The molecule has 0 spiro atoms. The third-order valence-electron chi connectivity index (χ3n) is 4.77. The average molecular weight is 402 g/mol. The Morgan fingerprint density at radius 2 is 1.96 bits per heavy atom. The number of hydrogen-bond acceptors (Lipinski definition) is 6. The van der Waals surface area contributed by atoms with Crippen LogP contribution in [0.4, 0.5) is 4.39 Å². The molecule has 0 amide bonds. The lowest BCUT2D eigenvalue weighted by atomic mass is 10.0. The summed E-state index contributed by atoms with van der Waals surface area (Å²) in [5.41, 5.74) is 1.92. The molecule has 4 rings (SSSR count). The molecule has 0 unspecified atom stereocenters. The van der Waals surface area contributed by atoms with Gasteiger partial charge >= 0.3 is 0 Å². The van der Waals surface area contributed by atoms with E-state index in [1.54, 1.807) is 19.2 Å². The highest BCUT2D eigenvalue weighted by atomic mass is 32.2. The maximum atomic E-state index is 13.2. The summed E-state index contributed by atoms with van der Waals surface area (Å²) in [6, 6.07) is 6.17. The van der Waals surface area contributed by atoms with Crippen LogP contribution in [-0.4, -0.2) is 34.4 Å². The largest absolute Gasteiger partial charge is 0.356 e. The molecule has 1 aromatic carbocycles. The molecular weight excluding hydrogens is 383 g/mol. The second-order valence-electron chi connectivity index (χ2n) is 6.78. The summed E-state index contributed by atoms with van der Waals surface area (Å²) >= 11 is 0. The Morgan fingerprint density at radius 1 is 1.21 bits per heavy atom. The molecule has 3 heterocycles. The van der Waals surface area contributed by atoms with Crippen molar-refractivity contribution in [3.63, 3.8) is 0 Å². The van der Waals surface area contributed by atoms with Gasteiger partial charge in [0, 0.05) is 18.8 Å². The minimum Gasteiger partial charge on any atom is -0.356 e. The molecule has 0 bridgehead atoms. The second kappa shape index (κ2) is 7.06. The highest BCUT2D eigenvalue weighted by Crippen LogP contribution is 2.39. The minimum absolute atomic E-state index is 0.0589. The number of hydrogen-bond donors (Lipinski definition) is 0. The molecule has 0 saturated carbocycles. The van der Waals surface area contributed by atoms with Crippen LogP contribution in [-0.2, 0) is 10.0 Å². The molecule has 2 aromatic heterocycles. The molecule has 7 nitrogen and oxygen atoms in total. The smallest absolute Gasteiger partial charge is 0.243 e. The third kappa shape index (κ3) is 3.31. The van der Waals surface area contributed by atoms with Gasteiger partial charge in [-0.1, -0.05) is 5.16 Å². The van der Waals surface area contributed by atoms with Crippen LogP contribution in [0.1, 0.15) is 36.1 Å². The first-order valence-corrected chi connectivity index (χ1v) is 10.3. The molecule has 1 saturated heterocycles. The summed E-state index contributed by atoms with van der Waals surface area (Å²) < 4.78 is 46.4. The number of halogens is 1. The fraction of sp³-hybridized carbons (Fsp3) is 0.316. The van der Waals surface area contributed by atoms with Crippen LogP contribution in [0.2, 0.25) is 0 Å². The van der Waals surface area contributed by atoms with Crippen LogP contribution in [0, 0.1) is 19.7 Å². The van der Waals surface area contributed by atoms with Crippen molar-refractivity contribution in [1.82, 2.24) is 19.4 Å². The Kier molecular flexibility index (Phi) is 4.72. The Labute approximate surface area is 162 Å². The van der Waals surface area contributed by atoms with Crippen LogP contribution in [0.25, 0.3) is 11.3 Å². The lowest BCUT2D eigenvalue weighted by Crippen LogP contribution is -2.31. The molecule has 0 aliphatic carbocycles. The fourth-order valence-electron chi connectivity index (χ4n) is 3.46. The fourth-order valence-corrected chi connectivity index (χ4v) is 5.13. The molecular formula is C19H19FN4O3S. The van der Waals surface area contributed by atoms with Crippen LogP contribution in [0.15, 0.2) is 45.9 Å². The van der Waals surface area contributed by atoms with Crippen molar-refractivity contribution in [2.24, 2.45) is 0 Å². The number of aromatic nitrogens is 3. The summed E-state index contributed by atoms with van der Waals surface area (Å²) in [4.78, 5) is 8.85. The highest BCUT2D eigenvalue weighted by Gasteiger charge is 2.38. The van der Waals surface area contributed by atoms with Crippen molar-refractivity contribution in [3.8, 4) is 11.3 Å². The predicted molar refractivity (Wildman–Crippen MR) is 99.3 cm³/mol. The van der Waals surface area contributed by atoms with Crippen molar-refractivity contribution in [2.45, 2.75) is 37.6 Å². The van der Waals surface area contributed by atoms with Gasteiger partial charge in [0.1, 0.15) is 11.6 Å². The number of benzene rings is 1. The summed E-state index contributed by atoms with van der Waals surface area (Å²) in [5, 5.41) is 3.91. The van der Waals surface area contributed by atoms with Crippen LogP contribution < -0.4 is 0 Å². The number of aryl methyl sites for hydroxylation is 2. The molecule has 1 aliphatic heterocycles. The van der Waals surface area contributed by atoms with E-state index in [0.29, 0.717) is 47.9 Å². The van der Waals surface area contributed by atoms with E-state index in [1.165, 1.54) is 16.4 Å². The van der Waals surface area contributed by atoms with E-state index < -0.39 is 21.9 Å². The van der Waals surface area contributed by atoms with Crippen molar-refractivity contribution < 1.29 is 17.3 Å². The van der Waals surface area contributed by atoms with Gasteiger partial charge in [-0.3, -0.25) is 0 Å². The Hall–Kier alpha value is -2.65. The monoisotopic (exact) mass is 402 g/mol. The first-order valence-electron chi connectivity index (χ1n) is 8.91. The summed E-state index contributed by atoms with van der Waals surface area (Å²) in [7, 11) is -3.80. The van der Waals surface area contributed by atoms with Crippen molar-refractivity contribution in [2.75, 3.05) is 6.54 Å². The zero-order valence-corrected chi connectivity index (χ0v) is 16.3. The highest BCUT2D eigenvalue weighted by molar-refractivity contribution is 7.89. The van der Waals surface area contributed by atoms with Gasteiger partial charge in [-0.25, -0.2) is 22.8 Å². The van der Waals surface area contributed by atoms with E-state index >= 15 is 0 Å². The topological polar surface area (TPSA) is 89.2 Å². The maximum Gasteiger partial charge on any atom is 0.243 e. The number of sulfonamides is 1. The molecule has 9 heteroatoms. The van der Waals surface area contributed by atoms with Crippen molar-refractivity contribution in [1.29, 1.82) is 0 Å². The average Bonchev–Trinajstić information content (AvgIpc) is 3.31. The summed E-state index contributed by atoms with van der Waals surface area (Å²) in [6.07, 6.45) is 2.96. The lowest BCUT2D eigenvalue weighted by molar-refractivity contribution is 0.387. The zero-order chi connectivity index (χ0) is 19.9. The van der Waals surface area contributed by atoms with Crippen LogP contribution in [0.3, 0.4) is 0 Å². The van der Waals surface area contributed by atoms with Gasteiger partial charge < -0.3 is 4.52 Å². The van der Waals surface area contributed by atoms with E-state index in [0.717, 1.165) is 12.1 Å². The molecule has 0 radical (unpaired) electrons. The molecule has 3 aromatic rings. The molecule has 0 N–H and O–H groups in total. The van der Waals surface area contributed by atoms with E-state index in [4.69, 9.17) is 4.52 Å². The third-order valence-corrected chi connectivity index (χ3v) is 6.69. The summed E-state index contributed by atoms with van der Waals surface area (Å²) in [6.45, 7) is 3.93. The van der Waals surface area contributed by atoms with Gasteiger partial charge in [-0.15, -0.1) is 0 Å². The Morgan fingerprint density at radius 3 is 2.64 bits per heavy atom. The lowest BCUT2D eigenvalue weighted by Gasteiger charge is -2.25.